The number of thiophene rings is 1. The molecule has 1 aromatic carbocycles. The highest BCUT2D eigenvalue weighted by Gasteiger charge is 2.34. The van der Waals surface area contributed by atoms with Crippen molar-refractivity contribution in [3.05, 3.63) is 81.4 Å². The van der Waals surface area contributed by atoms with Crippen LogP contribution in [0.25, 0.3) is 0 Å². The molecule has 0 radical (unpaired) electrons. The minimum atomic E-state index is -1.32. The van der Waals surface area contributed by atoms with Crippen LogP contribution in [0.2, 0.25) is 5.02 Å². The Morgan fingerprint density at radius 1 is 1.25 bits per heavy atom. The highest BCUT2D eigenvalue weighted by atomic mass is 35.5. The van der Waals surface area contributed by atoms with Crippen molar-refractivity contribution in [1.82, 2.24) is 5.32 Å². The lowest BCUT2D eigenvalue weighted by Gasteiger charge is -2.26. The SMILES string of the molecule is O=C(Cc1ccccc1Cl)NC[C@@](O)(c1ccoc1)c1cccs1. The average molecular weight is 362 g/mol. The maximum Gasteiger partial charge on any atom is 0.224 e. The number of carbonyl (C=O) groups is 1. The fraction of sp³-hybridized carbons (Fsp3) is 0.167. The molecule has 3 aromatic rings. The lowest BCUT2D eigenvalue weighted by Crippen LogP contribution is -2.41. The van der Waals surface area contributed by atoms with Crippen molar-refractivity contribution in [2.24, 2.45) is 0 Å². The van der Waals surface area contributed by atoms with Gasteiger partial charge in [0.25, 0.3) is 0 Å². The molecule has 0 saturated heterocycles. The standard InChI is InChI=1S/C18H16ClNO3S/c19-15-5-2-1-4-13(15)10-17(21)20-12-18(22,14-7-8-23-11-14)16-6-3-9-24-16/h1-9,11,22H,10,12H2,(H,20,21)/t18-/m1/s1. The Hall–Kier alpha value is -2.08. The lowest BCUT2D eigenvalue weighted by atomic mass is 9.94. The molecule has 3 rings (SSSR count). The molecule has 0 aliphatic carbocycles. The second-order valence-corrected chi connectivity index (χ2v) is 6.75. The molecule has 2 aromatic heterocycles. The van der Waals surface area contributed by atoms with Crippen LogP contribution in [0.1, 0.15) is 16.0 Å². The fourth-order valence-electron chi connectivity index (χ4n) is 2.45. The van der Waals surface area contributed by atoms with E-state index in [1.807, 2.05) is 35.7 Å². The quantitative estimate of drug-likeness (QED) is 0.705. The van der Waals surface area contributed by atoms with Gasteiger partial charge < -0.3 is 14.8 Å². The molecule has 0 fully saturated rings. The summed E-state index contributed by atoms with van der Waals surface area (Å²) in [7, 11) is 0. The van der Waals surface area contributed by atoms with Crippen LogP contribution in [-0.4, -0.2) is 17.6 Å². The molecule has 0 spiro atoms. The van der Waals surface area contributed by atoms with Gasteiger partial charge in [-0.15, -0.1) is 11.3 Å². The van der Waals surface area contributed by atoms with Crippen LogP contribution in [0, 0.1) is 0 Å². The van der Waals surface area contributed by atoms with Gasteiger partial charge in [0.05, 0.1) is 25.5 Å². The van der Waals surface area contributed by atoms with Gasteiger partial charge in [0, 0.05) is 15.5 Å². The van der Waals surface area contributed by atoms with Crippen LogP contribution in [0.4, 0.5) is 0 Å². The molecule has 2 N–H and O–H groups in total. The summed E-state index contributed by atoms with van der Waals surface area (Å²) < 4.78 is 5.09. The Morgan fingerprint density at radius 2 is 2.08 bits per heavy atom. The minimum absolute atomic E-state index is 0.0519. The zero-order valence-electron chi connectivity index (χ0n) is 12.7. The zero-order chi connectivity index (χ0) is 17.0. The van der Waals surface area contributed by atoms with E-state index in [1.54, 1.807) is 12.1 Å². The maximum atomic E-state index is 12.2. The van der Waals surface area contributed by atoms with Gasteiger partial charge in [0.2, 0.25) is 5.91 Å². The summed E-state index contributed by atoms with van der Waals surface area (Å²) in [5.74, 6) is -0.207. The number of hydrogen-bond acceptors (Lipinski definition) is 4. The molecular formula is C18H16ClNO3S. The van der Waals surface area contributed by atoms with Crippen molar-refractivity contribution in [3.8, 4) is 0 Å². The van der Waals surface area contributed by atoms with Crippen LogP contribution in [0.5, 0.6) is 0 Å². The van der Waals surface area contributed by atoms with Gasteiger partial charge >= 0.3 is 0 Å². The van der Waals surface area contributed by atoms with E-state index in [4.69, 9.17) is 16.0 Å². The number of benzene rings is 1. The molecule has 0 saturated carbocycles. The van der Waals surface area contributed by atoms with Crippen LogP contribution in [0.15, 0.2) is 64.8 Å². The summed E-state index contributed by atoms with van der Waals surface area (Å²) in [5.41, 5.74) is 0.0275. The van der Waals surface area contributed by atoms with Crippen molar-refractivity contribution >= 4 is 28.8 Å². The number of carbonyl (C=O) groups excluding carboxylic acids is 1. The Kier molecular flexibility index (Phi) is 5.04. The number of hydrogen-bond donors (Lipinski definition) is 2. The van der Waals surface area contributed by atoms with Gasteiger partial charge in [-0.1, -0.05) is 35.9 Å². The maximum absolute atomic E-state index is 12.2. The fourth-order valence-corrected chi connectivity index (χ4v) is 3.50. The highest BCUT2D eigenvalue weighted by molar-refractivity contribution is 7.10. The Morgan fingerprint density at radius 3 is 2.75 bits per heavy atom. The van der Waals surface area contributed by atoms with E-state index in [0.717, 1.165) is 10.4 Å². The van der Waals surface area contributed by atoms with E-state index in [9.17, 15) is 9.90 Å². The number of rotatable bonds is 6. The van der Waals surface area contributed by atoms with E-state index in [0.29, 0.717) is 10.6 Å². The molecule has 4 nitrogen and oxygen atoms in total. The van der Waals surface area contributed by atoms with E-state index in [2.05, 4.69) is 5.32 Å². The second kappa shape index (κ2) is 7.21. The Bertz CT molecular complexity index is 765. The minimum Gasteiger partial charge on any atom is -0.472 e. The van der Waals surface area contributed by atoms with Gasteiger partial charge in [0.15, 0.2) is 0 Å². The van der Waals surface area contributed by atoms with Crippen LogP contribution in [-0.2, 0) is 16.8 Å². The summed E-state index contributed by atoms with van der Waals surface area (Å²) in [6.07, 6.45) is 3.14. The molecule has 24 heavy (non-hydrogen) atoms. The first-order valence-corrected chi connectivity index (χ1v) is 8.64. The molecule has 0 aliphatic heterocycles. The van der Waals surface area contributed by atoms with E-state index >= 15 is 0 Å². The van der Waals surface area contributed by atoms with E-state index in [1.165, 1.54) is 23.9 Å². The van der Waals surface area contributed by atoms with Crippen LogP contribution >= 0.6 is 22.9 Å². The first-order chi connectivity index (χ1) is 11.6. The monoisotopic (exact) mass is 361 g/mol. The van der Waals surface area contributed by atoms with Crippen molar-refractivity contribution in [3.63, 3.8) is 0 Å². The Balaban J connectivity index is 1.73. The van der Waals surface area contributed by atoms with Crippen LogP contribution in [0.3, 0.4) is 0 Å². The van der Waals surface area contributed by atoms with Crippen molar-refractivity contribution < 1.29 is 14.3 Å². The molecule has 0 bridgehead atoms. The van der Waals surface area contributed by atoms with Crippen molar-refractivity contribution in [2.75, 3.05) is 6.54 Å². The number of nitrogens with one attached hydrogen (secondary N) is 1. The molecular weight excluding hydrogens is 346 g/mol. The predicted octanol–water partition coefficient (Wildman–Crippen LogP) is 3.59. The summed E-state index contributed by atoms with van der Waals surface area (Å²) in [6.45, 7) is 0.0519. The third-order valence-electron chi connectivity index (χ3n) is 3.78. The van der Waals surface area contributed by atoms with Gasteiger partial charge in [-0.05, 0) is 29.1 Å². The lowest BCUT2D eigenvalue weighted by molar-refractivity contribution is -0.121. The van der Waals surface area contributed by atoms with Gasteiger partial charge in [-0.2, -0.15) is 0 Å². The van der Waals surface area contributed by atoms with E-state index in [-0.39, 0.29) is 18.9 Å². The normalized spacial score (nSPS) is 13.4. The Labute approximate surface area is 148 Å². The molecule has 1 atom stereocenters. The topological polar surface area (TPSA) is 62.5 Å². The van der Waals surface area contributed by atoms with E-state index < -0.39 is 5.60 Å². The summed E-state index contributed by atoms with van der Waals surface area (Å²) in [5, 5.41) is 16.3. The summed E-state index contributed by atoms with van der Waals surface area (Å²) in [6, 6.07) is 12.6. The molecule has 0 aliphatic rings. The molecule has 2 heterocycles. The smallest absolute Gasteiger partial charge is 0.224 e. The first kappa shape index (κ1) is 16.8. The number of aliphatic hydroxyl groups is 1. The van der Waals surface area contributed by atoms with Gasteiger partial charge in [0.1, 0.15) is 5.60 Å². The van der Waals surface area contributed by atoms with Crippen molar-refractivity contribution in [2.45, 2.75) is 12.0 Å². The average Bonchev–Trinajstić information content (AvgIpc) is 3.28. The highest BCUT2D eigenvalue weighted by Crippen LogP contribution is 2.32. The number of amides is 1. The van der Waals surface area contributed by atoms with Crippen molar-refractivity contribution in [1.29, 1.82) is 0 Å². The number of halogens is 1. The molecule has 0 unspecified atom stereocenters. The largest absolute Gasteiger partial charge is 0.472 e. The molecule has 124 valence electrons. The second-order valence-electron chi connectivity index (χ2n) is 5.39. The summed E-state index contributed by atoms with van der Waals surface area (Å²) >= 11 is 7.50. The third kappa shape index (κ3) is 3.53. The zero-order valence-corrected chi connectivity index (χ0v) is 14.3. The first-order valence-electron chi connectivity index (χ1n) is 7.39. The van der Waals surface area contributed by atoms with Crippen LogP contribution < -0.4 is 5.32 Å². The third-order valence-corrected chi connectivity index (χ3v) is 5.17. The predicted molar refractivity (Wildman–Crippen MR) is 94.2 cm³/mol. The van der Waals surface area contributed by atoms with Gasteiger partial charge in [-0.25, -0.2) is 0 Å². The summed E-state index contributed by atoms with van der Waals surface area (Å²) in [4.78, 5) is 13.0. The molecule has 6 heteroatoms. The molecule has 1 amide bonds. The number of furan rings is 1. The van der Waals surface area contributed by atoms with Gasteiger partial charge in [-0.3, -0.25) is 4.79 Å².